The summed E-state index contributed by atoms with van der Waals surface area (Å²) in [6.45, 7) is 2.22. The summed E-state index contributed by atoms with van der Waals surface area (Å²) < 4.78 is 0. The van der Waals surface area contributed by atoms with Crippen LogP contribution in [0.1, 0.15) is 43.0 Å². The molecule has 1 aromatic rings. The summed E-state index contributed by atoms with van der Waals surface area (Å²) in [5.41, 5.74) is 0.653. The number of hydrogen-bond donors (Lipinski definition) is 1. The highest BCUT2D eigenvalue weighted by molar-refractivity contribution is 5.94. The van der Waals surface area contributed by atoms with Crippen molar-refractivity contribution < 1.29 is 4.79 Å². The number of aromatic nitrogens is 1. The molecular weight excluding hydrogens is 200 g/mol. The summed E-state index contributed by atoms with van der Waals surface area (Å²) >= 11 is 0. The van der Waals surface area contributed by atoms with Gasteiger partial charge in [-0.25, -0.2) is 0 Å². The van der Waals surface area contributed by atoms with Crippen LogP contribution in [0, 0.1) is 5.92 Å². The minimum Gasteiger partial charge on any atom is -0.349 e. The zero-order chi connectivity index (χ0) is 11.4. The Bertz CT molecular complexity index is 350. The van der Waals surface area contributed by atoms with Gasteiger partial charge in [-0.05, 0) is 30.9 Å². The molecule has 16 heavy (non-hydrogen) atoms. The van der Waals surface area contributed by atoms with Gasteiger partial charge in [0.25, 0.3) is 5.91 Å². The second-order valence-corrected chi connectivity index (χ2v) is 4.58. The molecule has 0 spiro atoms. The Morgan fingerprint density at radius 1 is 1.44 bits per heavy atom. The highest BCUT2D eigenvalue weighted by Crippen LogP contribution is 2.23. The van der Waals surface area contributed by atoms with Crippen molar-refractivity contribution in [3.63, 3.8) is 0 Å². The Balaban J connectivity index is 1.96. The van der Waals surface area contributed by atoms with Gasteiger partial charge in [-0.3, -0.25) is 9.78 Å². The number of carbonyl (C=O) groups excluding carboxylic acids is 1. The first kappa shape index (κ1) is 11.1. The molecule has 1 amide bonds. The number of hydrogen-bond acceptors (Lipinski definition) is 2. The summed E-state index contributed by atoms with van der Waals surface area (Å²) in [5.74, 6) is 0.598. The van der Waals surface area contributed by atoms with Crippen LogP contribution in [0.25, 0.3) is 0 Å². The molecule has 1 saturated carbocycles. The third kappa shape index (κ3) is 2.60. The molecule has 0 radical (unpaired) electrons. The average molecular weight is 218 g/mol. The smallest absolute Gasteiger partial charge is 0.253 e. The van der Waals surface area contributed by atoms with Gasteiger partial charge in [0, 0.05) is 18.4 Å². The number of carbonyl (C=O) groups is 1. The standard InChI is InChI=1S/C13H18N2O/c1-10-5-2-3-7-12(10)15-13(16)11-6-4-8-14-9-11/h4,6,8-10,12H,2-3,5,7H2,1H3,(H,15,16)/t10-,12+/m0/s1. The van der Waals surface area contributed by atoms with E-state index in [1.807, 2.05) is 0 Å². The SMILES string of the molecule is C[C@H]1CCCC[C@H]1NC(=O)c1cccnc1. The van der Waals surface area contributed by atoms with Crippen molar-refractivity contribution in [3.05, 3.63) is 30.1 Å². The van der Waals surface area contributed by atoms with Crippen molar-refractivity contribution >= 4 is 5.91 Å². The highest BCUT2D eigenvalue weighted by atomic mass is 16.1. The van der Waals surface area contributed by atoms with Crippen molar-refractivity contribution in [1.82, 2.24) is 10.3 Å². The van der Waals surface area contributed by atoms with Gasteiger partial charge in [-0.1, -0.05) is 19.8 Å². The fourth-order valence-corrected chi connectivity index (χ4v) is 2.28. The third-order valence-electron chi connectivity index (χ3n) is 3.35. The van der Waals surface area contributed by atoms with Crippen LogP contribution in [0.2, 0.25) is 0 Å². The number of pyridine rings is 1. The van der Waals surface area contributed by atoms with Crippen molar-refractivity contribution in [2.75, 3.05) is 0 Å². The Hall–Kier alpha value is -1.38. The molecule has 0 unspecified atom stereocenters. The lowest BCUT2D eigenvalue weighted by Gasteiger charge is -2.29. The van der Waals surface area contributed by atoms with Crippen LogP contribution in [0.4, 0.5) is 0 Å². The molecular formula is C13H18N2O. The average Bonchev–Trinajstić information content (AvgIpc) is 2.33. The molecule has 1 aliphatic carbocycles. The normalized spacial score (nSPS) is 25.1. The Morgan fingerprint density at radius 2 is 2.25 bits per heavy atom. The number of amides is 1. The van der Waals surface area contributed by atoms with E-state index < -0.39 is 0 Å². The zero-order valence-electron chi connectivity index (χ0n) is 9.65. The van der Waals surface area contributed by atoms with Gasteiger partial charge in [0.1, 0.15) is 0 Å². The van der Waals surface area contributed by atoms with Gasteiger partial charge in [0.2, 0.25) is 0 Å². The molecule has 0 aromatic carbocycles. The Labute approximate surface area is 96.3 Å². The molecule has 1 fully saturated rings. The largest absolute Gasteiger partial charge is 0.349 e. The molecule has 1 aliphatic rings. The van der Waals surface area contributed by atoms with Gasteiger partial charge in [-0.2, -0.15) is 0 Å². The van der Waals surface area contributed by atoms with E-state index >= 15 is 0 Å². The second kappa shape index (κ2) is 5.10. The van der Waals surface area contributed by atoms with Crippen LogP contribution >= 0.6 is 0 Å². The lowest BCUT2D eigenvalue weighted by atomic mass is 9.86. The van der Waals surface area contributed by atoms with E-state index in [-0.39, 0.29) is 5.91 Å². The first-order valence-electron chi connectivity index (χ1n) is 5.98. The summed E-state index contributed by atoms with van der Waals surface area (Å²) in [4.78, 5) is 15.9. The molecule has 0 aliphatic heterocycles. The Morgan fingerprint density at radius 3 is 2.94 bits per heavy atom. The van der Waals surface area contributed by atoms with E-state index in [4.69, 9.17) is 0 Å². The van der Waals surface area contributed by atoms with Gasteiger partial charge in [0.15, 0.2) is 0 Å². The van der Waals surface area contributed by atoms with E-state index in [0.717, 1.165) is 6.42 Å². The summed E-state index contributed by atoms with van der Waals surface area (Å²) in [7, 11) is 0. The van der Waals surface area contributed by atoms with E-state index in [0.29, 0.717) is 17.5 Å². The lowest BCUT2D eigenvalue weighted by Crippen LogP contribution is -2.41. The predicted molar refractivity (Wildman–Crippen MR) is 63.1 cm³/mol. The van der Waals surface area contributed by atoms with Crippen LogP contribution in [-0.4, -0.2) is 16.9 Å². The minimum atomic E-state index is 0.00634. The Kier molecular flexibility index (Phi) is 3.54. The molecule has 3 heteroatoms. The van der Waals surface area contributed by atoms with Gasteiger partial charge in [0.05, 0.1) is 5.56 Å². The second-order valence-electron chi connectivity index (χ2n) is 4.58. The number of rotatable bonds is 2. The first-order chi connectivity index (χ1) is 7.77. The van der Waals surface area contributed by atoms with Crippen LogP contribution in [0.15, 0.2) is 24.5 Å². The van der Waals surface area contributed by atoms with Crippen molar-refractivity contribution in [3.8, 4) is 0 Å². The van der Waals surface area contributed by atoms with Gasteiger partial charge >= 0.3 is 0 Å². The minimum absolute atomic E-state index is 0.00634. The fraction of sp³-hybridized carbons (Fsp3) is 0.538. The van der Waals surface area contributed by atoms with Crippen molar-refractivity contribution in [1.29, 1.82) is 0 Å². The van der Waals surface area contributed by atoms with Crippen LogP contribution < -0.4 is 5.32 Å². The van der Waals surface area contributed by atoms with Gasteiger partial charge < -0.3 is 5.32 Å². The number of nitrogens with zero attached hydrogens (tertiary/aromatic N) is 1. The zero-order valence-corrected chi connectivity index (χ0v) is 9.65. The van der Waals surface area contributed by atoms with Crippen molar-refractivity contribution in [2.24, 2.45) is 5.92 Å². The van der Waals surface area contributed by atoms with Crippen LogP contribution in [0.3, 0.4) is 0 Å². The lowest BCUT2D eigenvalue weighted by molar-refractivity contribution is 0.0910. The molecule has 0 bridgehead atoms. The monoisotopic (exact) mass is 218 g/mol. The first-order valence-corrected chi connectivity index (χ1v) is 5.98. The highest BCUT2D eigenvalue weighted by Gasteiger charge is 2.23. The number of nitrogens with one attached hydrogen (secondary N) is 1. The van der Waals surface area contributed by atoms with E-state index in [1.54, 1.807) is 24.5 Å². The molecule has 1 heterocycles. The van der Waals surface area contributed by atoms with E-state index in [1.165, 1.54) is 19.3 Å². The third-order valence-corrected chi connectivity index (χ3v) is 3.35. The van der Waals surface area contributed by atoms with Crippen LogP contribution in [-0.2, 0) is 0 Å². The van der Waals surface area contributed by atoms with Crippen molar-refractivity contribution in [2.45, 2.75) is 38.6 Å². The van der Waals surface area contributed by atoms with E-state index in [9.17, 15) is 4.79 Å². The molecule has 0 saturated heterocycles. The van der Waals surface area contributed by atoms with Gasteiger partial charge in [-0.15, -0.1) is 0 Å². The predicted octanol–water partition coefficient (Wildman–Crippen LogP) is 2.39. The summed E-state index contributed by atoms with van der Waals surface area (Å²) in [6.07, 6.45) is 8.14. The van der Waals surface area contributed by atoms with E-state index in [2.05, 4.69) is 17.2 Å². The molecule has 86 valence electrons. The topological polar surface area (TPSA) is 42.0 Å². The molecule has 3 nitrogen and oxygen atoms in total. The maximum atomic E-state index is 11.9. The fourth-order valence-electron chi connectivity index (χ4n) is 2.28. The van der Waals surface area contributed by atoms with Crippen LogP contribution in [0.5, 0.6) is 0 Å². The quantitative estimate of drug-likeness (QED) is 0.828. The summed E-state index contributed by atoms with van der Waals surface area (Å²) in [5, 5.41) is 3.11. The molecule has 2 rings (SSSR count). The molecule has 1 aromatic heterocycles. The summed E-state index contributed by atoms with van der Waals surface area (Å²) in [6, 6.07) is 3.93. The maximum absolute atomic E-state index is 11.9. The molecule has 2 atom stereocenters. The molecule has 1 N–H and O–H groups in total. The maximum Gasteiger partial charge on any atom is 0.253 e.